The molecule has 1 unspecified atom stereocenters. The van der Waals surface area contributed by atoms with Gasteiger partial charge < -0.3 is 19.9 Å². The molecule has 6 nitrogen and oxygen atoms in total. The molecule has 166 valence electrons. The number of quaternary nitrogens is 1. The Hall–Kier alpha value is -2.29. The van der Waals surface area contributed by atoms with Crippen molar-refractivity contribution in [3.63, 3.8) is 0 Å². The minimum atomic E-state index is -4.75. The van der Waals surface area contributed by atoms with E-state index in [-0.39, 0.29) is 30.7 Å². The average Bonchev–Trinajstić information content (AvgIpc) is 2.67. The van der Waals surface area contributed by atoms with Crippen LogP contribution < -0.4 is 15.0 Å². The van der Waals surface area contributed by atoms with E-state index in [0.717, 1.165) is 42.5 Å². The number of likely N-dealkylation sites (N-methyl/N-ethyl adjacent to an activating group) is 1. The van der Waals surface area contributed by atoms with Gasteiger partial charge in [-0.3, -0.25) is 9.59 Å². The number of nitrogens with zero attached hydrogens (tertiary/aromatic N) is 1. The third-order valence-electron chi connectivity index (χ3n) is 5.93. The molecule has 1 saturated carbocycles. The van der Waals surface area contributed by atoms with Crippen LogP contribution in [0.15, 0.2) is 24.3 Å². The first-order valence-corrected chi connectivity index (χ1v) is 10.4. The average molecular weight is 428 g/mol. The number of hydrogen-bond donors (Lipinski definition) is 2. The molecule has 1 aliphatic heterocycles. The summed E-state index contributed by atoms with van der Waals surface area (Å²) in [5.74, 6) is 0.778. The van der Waals surface area contributed by atoms with Crippen molar-refractivity contribution < 1.29 is 32.4 Å². The lowest BCUT2D eigenvalue weighted by Crippen LogP contribution is -3.11. The predicted molar refractivity (Wildman–Crippen MR) is 105 cm³/mol. The summed E-state index contributed by atoms with van der Waals surface area (Å²) in [7, 11) is 1.78. The van der Waals surface area contributed by atoms with Crippen LogP contribution in [-0.4, -0.2) is 56.3 Å². The molecule has 30 heavy (non-hydrogen) atoms. The Labute approximate surface area is 174 Å². The second-order valence-electron chi connectivity index (χ2n) is 8.36. The van der Waals surface area contributed by atoms with Gasteiger partial charge in [-0.1, -0.05) is 19.3 Å². The quantitative estimate of drug-likeness (QED) is 0.729. The van der Waals surface area contributed by atoms with Crippen LogP contribution in [-0.2, 0) is 9.59 Å². The van der Waals surface area contributed by atoms with E-state index in [4.69, 9.17) is 0 Å². The van der Waals surface area contributed by atoms with Crippen LogP contribution in [0.3, 0.4) is 0 Å². The van der Waals surface area contributed by atoms with Crippen LogP contribution >= 0.6 is 0 Å². The standard InChI is InChI=1S/C21H28F3N3O3/c1-26(14-20(29)27-11-10-15-4-2-3-5-16(15)12-27)13-19(28)25-17-6-8-18(9-7-17)30-21(22,23)24/h6-9,15-16H,2-5,10-14H2,1H3,(H,25,28)/p+1/t15-,16+/m0/s1. The highest BCUT2D eigenvalue weighted by atomic mass is 19.4. The summed E-state index contributed by atoms with van der Waals surface area (Å²) < 4.78 is 40.4. The zero-order valence-electron chi connectivity index (χ0n) is 17.1. The van der Waals surface area contributed by atoms with E-state index in [1.807, 2.05) is 4.90 Å². The first kappa shape index (κ1) is 22.4. The molecule has 2 amide bonds. The van der Waals surface area contributed by atoms with E-state index in [1.54, 1.807) is 7.05 Å². The molecule has 1 saturated heterocycles. The molecule has 0 radical (unpaired) electrons. The van der Waals surface area contributed by atoms with Crippen LogP contribution in [0.5, 0.6) is 5.75 Å². The smallest absolute Gasteiger partial charge is 0.406 e. The number of piperidine rings is 1. The number of carbonyl (C=O) groups is 2. The van der Waals surface area contributed by atoms with Gasteiger partial charge in [-0.15, -0.1) is 13.2 Å². The number of ether oxygens (including phenoxy) is 1. The van der Waals surface area contributed by atoms with Crippen LogP contribution in [0.25, 0.3) is 0 Å². The highest BCUT2D eigenvalue weighted by Crippen LogP contribution is 2.35. The van der Waals surface area contributed by atoms with Gasteiger partial charge in [0.25, 0.3) is 11.8 Å². The number of alkyl halides is 3. The van der Waals surface area contributed by atoms with E-state index in [1.165, 1.54) is 37.8 Å². The number of carbonyl (C=O) groups excluding carboxylic acids is 2. The van der Waals surface area contributed by atoms with Gasteiger partial charge in [-0.05, 0) is 48.9 Å². The zero-order valence-corrected chi connectivity index (χ0v) is 17.1. The lowest BCUT2D eigenvalue weighted by atomic mass is 9.75. The molecule has 1 aromatic rings. The Kier molecular flexibility index (Phi) is 7.23. The highest BCUT2D eigenvalue weighted by molar-refractivity contribution is 5.91. The van der Waals surface area contributed by atoms with Gasteiger partial charge in [0.05, 0.1) is 7.05 Å². The fourth-order valence-electron chi connectivity index (χ4n) is 4.48. The van der Waals surface area contributed by atoms with E-state index in [0.29, 0.717) is 11.6 Å². The molecule has 0 bridgehead atoms. The summed E-state index contributed by atoms with van der Waals surface area (Å²) in [6, 6.07) is 4.96. The summed E-state index contributed by atoms with van der Waals surface area (Å²) in [4.78, 5) is 27.6. The molecule has 0 spiro atoms. The zero-order chi connectivity index (χ0) is 21.7. The van der Waals surface area contributed by atoms with Crippen LogP contribution in [0.4, 0.5) is 18.9 Å². The number of benzene rings is 1. The molecule has 2 aliphatic rings. The van der Waals surface area contributed by atoms with Crippen LogP contribution in [0, 0.1) is 11.8 Å². The number of halogens is 3. The van der Waals surface area contributed by atoms with E-state index < -0.39 is 6.36 Å². The normalized spacial score (nSPS) is 22.7. The second kappa shape index (κ2) is 9.68. The van der Waals surface area contributed by atoms with Gasteiger partial charge in [-0.2, -0.15) is 0 Å². The molecular formula is C21H29F3N3O3+. The summed E-state index contributed by atoms with van der Waals surface area (Å²) >= 11 is 0. The molecule has 1 aromatic carbocycles. The largest absolute Gasteiger partial charge is 0.573 e. The third kappa shape index (κ3) is 6.62. The minimum Gasteiger partial charge on any atom is -0.406 e. The topological polar surface area (TPSA) is 63.1 Å². The van der Waals surface area contributed by atoms with Crippen molar-refractivity contribution in [3.05, 3.63) is 24.3 Å². The molecule has 0 aromatic heterocycles. The molecular weight excluding hydrogens is 399 g/mol. The van der Waals surface area contributed by atoms with Crippen LogP contribution in [0.2, 0.25) is 0 Å². The highest BCUT2D eigenvalue weighted by Gasteiger charge is 2.34. The van der Waals surface area contributed by atoms with Crippen molar-refractivity contribution >= 4 is 17.5 Å². The monoisotopic (exact) mass is 428 g/mol. The third-order valence-corrected chi connectivity index (χ3v) is 5.93. The van der Waals surface area contributed by atoms with Gasteiger partial charge in [0, 0.05) is 18.8 Å². The lowest BCUT2D eigenvalue weighted by Gasteiger charge is -2.41. The molecule has 2 fully saturated rings. The number of amides is 2. The van der Waals surface area contributed by atoms with Gasteiger partial charge >= 0.3 is 6.36 Å². The molecule has 1 heterocycles. The number of hydrogen-bond acceptors (Lipinski definition) is 3. The van der Waals surface area contributed by atoms with Crippen molar-refractivity contribution in [3.8, 4) is 5.75 Å². The van der Waals surface area contributed by atoms with Gasteiger partial charge in [-0.25, -0.2) is 0 Å². The second-order valence-corrected chi connectivity index (χ2v) is 8.36. The Morgan fingerprint density at radius 3 is 2.43 bits per heavy atom. The lowest BCUT2D eigenvalue weighted by molar-refractivity contribution is -0.862. The summed E-state index contributed by atoms with van der Waals surface area (Å²) in [5, 5.41) is 2.63. The maximum atomic E-state index is 12.6. The number of anilines is 1. The van der Waals surface area contributed by atoms with Crippen LogP contribution in [0.1, 0.15) is 32.1 Å². The molecule has 3 rings (SSSR count). The van der Waals surface area contributed by atoms with Gasteiger partial charge in [0.2, 0.25) is 0 Å². The Morgan fingerprint density at radius 1 is 1.10 bits per heavy atom. The van der Waals surface area contributed by atoms with Crippen molar-refractivity contribution in [1.29, 1.82) is 0 Å². The Bertz CT molecular complexity index is 739. The SMILES string of the molecule is C[NH+](CC(=O)Nc1ccc(OC(F)(F)F)cc1)CC(=O)N1CC[C@@H]2CCCC[C@@H]2C1. The maximum absolute atomic E-state index is 12.6. The molecule has 2 N–H and O–H groups in total. The summed E-state index contributed by atoms with van der Waals surface area (Å²) in [6.45, 7) is 1.96. The van der Waals surface area contributed by atoms with Crippen molar-refractivity contribution in [1.82, 2.24) is 4.90 Å². The van der Waals surface area contributed by atoms with Gasteiger partial charge in [0.15, 0.2) is 13.1 Å². The number of likely N-dealkylation sites (tertiary alicyclic amines) is 1. The molecule has 3 atom stereocenters. The van der Waals surface area contributed by atoms with Crippen molar-refractivity contribution in [2.45, 2.75) is 38.5 Å². The fraction of sp³-hybridized carbons (Fsp3) is 0.619. The van der Waals surface area contributed by atoms with Crippen molar-refractivity contribution in [2.75, 3.05) is 38.5 Å². The van der Waals surface area contributed by atoms with Crippen molar-refractivity contribution in [2.24, 2.45) is 11.8 Å². The summed E-state index contributed by atoms with van der Waals surface area (Å²) in [6.07, 6.45) is 1.35. The number of fused-ring (bicyclic) bond motifs is 1. The number of nitrogens with one attached hydrogen (secondary N) is 2. The fourth-order valence-corrected chi connectivity index (χ4v) is 4.48. The number of rotatable bonds is 6. The van der Waals surface area contributed by atoms with E-state index >= 15 is 0 Å². The first-order chi connectivity index (χ1) is 14.2. The van der Waals surface area contributed by atoms with E-state index in [9.17, 15) is 22.8 Å². The maximum Gasteiger partial charge on any atom is 0.573 e. The Balaban J connectivity index is 1.42. The predicted octanol–water partition coefficient (Wildman–Crippen LogP) is 2.08. The molecule has 9 heteroatoms. The minimum absolute atomic E-state index is 0.0676. The Morgan fingerprint density at radius 2 is 1.77 bits per heavy atom. The first-order valence-electron chi connectivity index (χ1n) is 10.4. The van der Waals surface area contributed by atoms with Gasteiger partial charge in [0.1, 0.15) is 5.75 Å². The molecule has 1 aliphatic carbocycles. The van der Waals surface area contributed by atoms with E-state index in [2.05, 4.69) is 10.1 Å². The summed E-state index contributed by atoms with van der Waals surface area (Å²) in [5.41, 5.74) is 0.369.